The molecule has 1 aromatic heterocycles. The van der Waals surface area contributed by atoms with E-state index < -0.39 is 0 Å². The smallest absolute Gasteiger partial charge is 0.325 e. The Balaban J connectivity index is 1.64. The molecular weight excluding hydrogens is 947 g/mol. The number of benzene rings is 1. The minimum Gasteiger partial charge on any atom is -0.507 e. The Hall–Kier alpha value is -0.710. The summed E-state index contributed by atoms with van der Waals surface area (Å²) in [6.07, 6.45) is 2.50. The van der Waals surface area contributed by atoms with Crippen molar-refractivity contribution in [3.63, 3.8) is 0 Å². The van der Waals surface area contributed by atoms with Gasteiger partial charge in [0.05, 0.1) is 99.1 Å². The summed E-state index contributed by atoms with van der Waals surface area (Å²) in [7, 11) is 0. The van der Waals surface area contributed by atoms with Gasteiger partial charge in [-0.1, -0.05) is 53.7 Å². The van der Waals surface area contributed by atoms with Crippen LogP contribution in [-0.4, -0.2) is 171 Å². The van der Waals surface area contributed by atoms with E-state index in [0.717, 1.165) is 82.2 Å². The fourth-order valence-electron chi connectivity index (χ4n) is 5.66. The topological polar surface area (TPSA) is 142 Å². The minimum atomic E-state index is -0.141. The van der Waals surface area contributed by atoms with E-state index >= 15 is 0 Å². The molecule has 1 heterocycles. The lowest BCUT2D eigenvalue weighted by atomic mass is 9.78. The number of aromatic hydroxyl groups is 1. The van der Waals surface area contributed by atoms with Crippen molar-refractivity contribution in [3.05, 3.63) is 28.8 Å². The number of phenols is 1. The summed E-state index contributed by atoms with van der Waals surface area (Å²) in [5.74, 6) is 8.24. The van der Waals surface area contributed by atoms with Gasteiger partial charge in [0.15, 0.2) is 0 Å². The molecule has 0 saturated carbocycles. The largest absolute Gasteiger partial charge is 0.507 e. The number of ether oxygens (including phenoxy) is 9. The Labute approximate surface area is 419 Å². The highest BCUT2D eigenvalue weighted by atomic mass is 32.2. The molecule has 0 fully saturated rings. The monoisotopic (exact) mass is 1030 g/mol. The van der Waals surface area contributed by atoms with Crippen molar-refractivity contribution in [1.29, 1.82) is 0 Å². The van der Waals surface area contributed by atoms with E-state index in [2.05, 4.69) is 101 Å². The first-order chi connectivity index (χ1) is 31.4. The highest BCUT2D eigenvalue weighted by Gasteiger charge is 2.27. The van der Waals surface area contributed by atoms with Gasteiger partial charge in [-0.25, -0.2) is 0 Å². The van der Waals surface area contributed by atoms with Crippen LogP contribution in [0.25, 0.3) is 0 Å². The number of nitrogens with zero attached hydrogens (tertiary/aromatic N) is 3. The summed E-state index contributed by atoms with van der Waals surface area (Å²) in [6, 6.07) is 4.96. The highest BCUT2D eigenvalue weighted by molar-refractivity contribution is 8.00. The van der Waals surface area contributed by atoms with Crippen LogP contribution < -0.4 is 14.2 Å². The van der Waals surface area contributed by atoms with Gasteiger partial charge in [0.25, 0.3) is 0 Å². The van der Waals surface area contributed by atoms with Crippen LogP contribution >= 0.6 is 72.3 Å². The first-order valence-electron chi connectivity index (χ1n) is 22.9. The third-order valence-corrected chi connectivity index (χ3v) is 13.7. The predicted molar refractivity (Wildman–Crippen MR) is 281 cm³/mol. The van der Waals surface area contributed by atoms with Crippen LogP contribution in [0, 0.1) is 0 Å². The molecule has 0 saturated heterocycles. The molecule has 0 aliphatic heterocycles. The highest BCUT2D eigenvalue weighted by Crippen LogP contribution is 2.42. The first-order valence-corrected chi connectivity index (χ1v) is 28.7. The van der Waals surface area contributed by atoms with Crippen molar-refractivity contribution in [1.82, 2.24) is 15.0 Å². The summed E-state index contributed by atoms with van der Waals surface area (Å²) < 4.78 is 51.4. The predicted octanol–water partition coefficient (Wildman–Crippen LogP) is 9.13. The lowest BCUT2D eigenvalue weighted by Gasteiger charge is -2.29. The Bertz CT molecular complexity index is 1400. The number of thioether (sulfide) groups is 4. The molecule has 1 unspecified atom stereocenters. The van der Waals surface area contributed by atoms with Gasteiger partial charge < -0.3 is 47.7 Å². The molecule has 13 nitrogen and oxygen atoms in total. The Morgan fingerprint density at radius 1 is 0.477 bits per heavy atom. The van der Waals surface area contributed by atoms with Crippen LogP contribution in [0.1, 0.15) is 89.7 Å². The zero-order valence-electron chi connectivity index (χ0n) is 40.3. The van der Waals surface area contributed by atoms with E-state index in [1.54, 1.807) is 0 Å². The molecule has 65 heavy (non-hydrogen) atoms. The van der Waals surface area contributed by atoms with Crippen LogP contribution in [0.4, 0.5) is 0 Å². The average Bonchev–Trinajstić information content (AvgIpc) is 3.26. The summed E-state index contributed by atoms with van der Waals surface area (Å²) in [6.45, 7) is 24.1. The zero-order valence-corrected chi connectivity index (χ0v) is 45.4. The zero-order chi connectivity index (χ0) is 47.4. The molecule has 1 aromatic carbocycles. The van der Waals surface area contributed by atoms with Crippen LogP contribution in [-0.2, 0) is 39.3 Å². The second kappa shape index (κ2) is 38.1. The van der Waals surface area contributed by atoms with E-state index in [1.807, 2.05) is 47.0 Å². The van der Waals surface area contributed by atoms with E-state index in [1.165, 1.54) is 5.56 Å². The van der Waals surface area contributed by atoms with Gasteiger partial charge in [0, 0.05) is 39.8 Å². The molecule has 1 atom stereocenters. The van der Waals surface area contributed by atoms with Crippen molar-refractivity contribution >= 4 is 72.3 Å². The van der Waals surface area contributed by atoms with Gasteiger partial charge in [0.2, 0.25) is 0 Å². The third-order valence-electron chi connectivity index (χ3n) is 9.08. The molecule has 0 aliphatic carbocycles. The summed E-state index contributed by atoms with van der Waals surface area (Å²) in [4.78, 5) is 13.2. The summed E-state index contributed by atoms with van der Waals surface area (Å²) in [5, 5.41) is 11.4. The molecular formula is C46H81N3O10S6. The molecule has 376 valence electrons. The molecule has 2 rings (SSSR count). The molecule has 19 heteroatoms. The van der Waals surface area contributed by atoms with Crippen LogP contribution in [0.3, 0.4) is 0 Å². The van der Waals surface area contributed by atoms with Crippen molar-refractivity contribution in [2.24, 2.45) is 0 Å². The molecule has 0 radical (unpaired) electrons. The third kappa shape index (κ3) is 30.5. The lowest BCUT2D eigenvalue weighted by Crippen LogP contribution is -2.18. The van der Waals surface area contributed by atoms with Crippen LogP contribution in [0.15, 0.2) is 12.1 Å². The maximum absolute atomic E-state index is 11.1. The summed E-state index contributed by atoms with van der Waals surface area (Å²) in [5.41, 5.74) is 2.97. The number of aromatic nitrogens is 3. The van der Waals surface area contributed by atoms with Gasteiger partial charge in [-0.15, -0.1) is 15.0 Å². The molecule has 2 aromatic rings. The fourth-order valence-corrected chi connectivity index (χ4v) is 9.10. The van der Waals surface area contributed by atoms with Crippen molar-refractivity contribution in [2.75, 3.05) is 151 Å². The average molecular weight is 1030 g/mol. The van der Waals surface area contributed by atoms with Crippen LogP contribution in [0.2, 0.25) is 0 Å². The second-order valence-corrected chi connectivity index (χ2v) is 22.7. The van der Waals surface area contributed by atoms with Crippen LogP contribution in [0.5, 0.6) is 23.8 Å². The number of hydrogen-bond donors (Lipinski definition) is 3. The van der Waals surface area contributed by atoms with E-state index in [4.69, 9.17) is 42.6 Å². The lowest BCUT2D eigenvalue weighted by molar-refractivity contribution is 0.0605. The quantitative estimate of drug-likeness (QED) is 0.0430. The van der Waals surface area contributed by atoms with E-state index in [0.29, 0.717) is 105 Å². The number of thiol groups is 2. The van der Waals surface area contributed by atoms with Gasteiger partial charge in [0.1, 0.15) is 5.75 Å². The number of phenolic OH excluding ortho intramolecular Hbond substituents is 1. The molecule has 0 amide bonds. The standard InChI is InChI=1S/C46H81N3O10S6/c1-37(38-35-39(45(2,3)4)41(50)40(36-38)46(5,6)7)65-34-25-56-19-18-55-24-33-64-30-10-13-59-44-48-42(57-11-8-28-62-31-22-53-16-14-51-20-26-60)47-43(49-44)58-12-9-29-63-32-23-54-17-15-52-21-27-61/h35-37,50,60-61H,8-34H2,1-7H3. The molecule has 0 spiro atoms. The Morgan fingerprint density at radius 2 is 0.800 bits per heavy atom. The minimum absolute atomic E-state index is 0.141. The Kier molecular flexibility index (Phi) is 35.4. The first kappa shape index (κ1) is 60.4. The second-order valence-electron chi connectivity index (χ2n) is 16.7. The van der Waals surface area contributed by atoms with Crippen molar-refractivity contribution in [3.8, 4) is 23.8 Å². The fraction of sp³-hybridized carbons (Fsp3) is 0.804. The number of rotatable bonds is 42. The number of hydrogen-bond acceptors (Lipinski definition) is 19. The normalized spacial score (nSPS) is 12.5. The van der Waals surface area contributed by atoms with Crippen molar-refractivity contribution < 1.29 is 47.7 Å². The van der Waals surface area contributed by atoms with Gasteiger partial charge in [-0.3, -0.25) is 0 Å². The summed E-state index contributed by atoms with van der Waals surface area (Å²) >= 11 is 15.6. The van der Waals surface area contributed by atoms with Gasteiger partial charge >= 0.3 is 18.0 Å². The Morgan fingerprint density at radius 3 is 1.12 bits per heavy atom. The van der Waals surface area contributed by atoms with Gasteiger partial charge in [-0.05, 0) is 71.0 Å². The van der Waals surface area contributed by atoms with E-state index in [9.17, 15) is 5.11 Å². The SMILES string of the molecule is CC(SCCOCCOCCSCCCOc1nc(OCCCSCCOCCOCCS)nc(OCCCSCCOCCOCCS)n1)c1cc(C(C)(C)C)c(O)c(C(C)(C)C)c1. The molecule has 0 aliphatic rings. The maximum Gasteiger partial charge on any atom is 0.325 e. The van der Waals surface area contributed by atoms with Gasteiger partial charge in [-0.2, -0.15) is 72.3 Å². The van der Waals surface area contributed by atoms with E-state index in [-0.39, 0.29) is 34.1 Å². The maximum atomic E-state index is 11.1. The molecule has 1 N–H and O–H groups in total. The molecule has 0 bridgehead atoms. The van der Waals surface area contributed by atoms with Crippen molar-refractivity contribution in [2.45, 2.75) is 83.8 Å².